The Morgan fingerprint density at radius 2 is 1.82 bits per heavy atom. The van der Waals surface area contributed by atoms with Crippen molar-refractivity contribution in [2.75, 3.05) is 36.6 Å². The Morgan fingerprint density at radius 3 is 2.34 bits per heavy atom. The van der Waals surface area contributed by atoms with Gasteiger partial charge in [0.2, 0.25) is 10.0 Å². The van der Waals surface area contributed by atoms with Gasteiger partial charge in [0.1, 0.15) is 6.10 Å². The van der Waals surface area contributed by atoms with Gasteiger partial charge < -0.3 is 20.5 Å². The Hall–Kier alpha value is -3.42. The summed E-state index contributed by atoms with van der Waals surface area (Å²) in [6.07, 6.45) is -4.08. The number of rotatable bonds is 12. The van der Waals surface area contributed by atoms with E-state index >= 15 is 0 Å². The molecule has 0 spiro atoms. The van der Waals surface area contributed by atoms with Crippen molar-refractivity contribution >= 4 is 33.2 Å². The third-order valence-corrected chi connectivity index (χ3v) is 6.73. The summed E-state index contributed by atoms with van der Waals surface area (Å²) in [5, 5.41) is 15.3. The molecule has 0 aliphatic heterocycles. The first-order valence-corrected chi connectivity index (χ1v) is 13.2. The van der Waals surface area contributed by atoms with Crippen LogP contribution < -0.4 is 14.9 Å². The van der Waals surface area contributed by atoms with Gasteiger partial charge in [0.05, 0.1) is 23.6 Å². The fourth-order valence-corrected chi connectivity index (χ4v) is 3.87. The molecule has 0 heterocycles. The number of nitrogens with one attached hydrogen (secondary N) is 2. The van der Waals surface area contributed by atoms with E-state index in [0.717, 1.165) is 34.8 Å². The molecular weight excluding hydrogens is 527 g/mol. The molecule has 0 radical (unpaired) electrons. The Morgan fingerprint density at radius 1 is 1.18 bits per heavy atom. The number of benzene rings is 2. The maximum absolute atomic E-state index is 12.8. The fraction of sp³-hybridized carbons (Fsp3) is 0.360. The van der Waals surface area contributed by atoms with Crippen LogP contribution in [0.15, 0.2) is 55.1 Å². The first kappa shape index (κ1) is 30.8. The third-order valence-electron chi connectivity index (χ3n) is 5.52. The number of hydrogen-bond donors (Lipinski definition) is 3. The van der Waals surface area contributed by atoms with Crippen LogP contribution in [0.4, 0.5) is 24.5 Å². The van der Waals surface area contributed by atoms with Gasteiger partial charge in [0.15, 0.2) is 0 Å². The van der Waals surface area contributed by atoms with Gasteiger partial charge in [0.25, 0.3) is 11.8 Å². The van der Waals surface area contributed by atoms with Gasteiger partial charge in [0, 0.05) is 38.4 Å². The highest BCUT2D eigenvalue weighted by atomic mass is 32.2. The van der Waals surface area contributed by atoms with Crippen LogP contribution in [-0.4, -0.2) is 64.5 Å². The lowest BCUT2D eigenvalue weighted by Gasteiger charge is -2.20. The number of halogens is 3. The lowest BCUT2D eigenvalue weighted by molar-refractivity contribution is -0.137. The number of amides is 2. The molecule has 0 fully saturated rings. The minimum atomic E-state index is -4.51. The molecule has 13 heteroatoms. The summed E-state index contributed by atoms with van der Waals surface area (Å²) in [6.45, 7) is 3.39. The second-order valence-electron chi connectivity index (χ2n) is 8.50. The van der Waals surface area contributed by atoms with Gasteiger partial charge in [-0.05, 0) is 54.4 Å². The van der Waals surface area contributed by atoms with Crippen molar-refractivity contribution in [3.05, 3.63) is 71.8 Å². The van der Waals surface area contributed by atoms with Gasteiger partial charge in [-0.3, -0.25) is 13.9 Å². The number of hydrogen-bond acceptors (Lipinski definition) is 6. The van der Waals surface area contributed by atoms with Crippen LogP contribution in [0.25, 0.3) is 0 Å². The number of ether oxygens (including phenoxy) is 1. The van der Waals surface area contributed by atoms with E-state index in [1.165, 1.54) is 20.2 Å². The van der Waals surface area contributed by atoms with Gasteiger partial charge in [-0.25, -0.2) is 8.42 Å². The van der Waals surface area contributed by atoms with E-state index in [4.69, 9.17) is 4.74 Å². The number of allylic oxidation sites excluding steroid dienone is 1. The third kappa shape index (κ3) is 8.85. The quantitative estimate of drug-likeness (QED) is 0.345. The average Bonchev–Trinajstić information content (AvgIpc) is 2.84. The second kappa shape index (κ2) is 12.9. The van der Waals surface area contributed by atoms with Gasteiger partial charge in [-0.15, -0.1) is 6.58 Å². The summed E-state index contributed by atoms with van der Waals surface area (Å²) >= 11 is 0. The van der Waals surface area contributed by atoms with Gasteiger partial charge in [-0.1, -0.05) is 6.08 Å². The number of methoxy groups -OCH3 is 1. The summed E-state index contributed by atoms with van der Waals surface area (Å²) < 4.78 is 68.1. The van der Waals surface area contributed by atoms with Crippen molar-refractivity contribution in [3.8, 4) is 0 Å². The van der Waals surface area contributed by atoms with E-state index < -0.39 is 45.8 Å². The van der Waals surface area contributed by atoms with Crippen LogP contribution in [0.3, 0.4) is 0 Å². The van der Waals surface area contributed by atoms with Crippen molar-refractivity contribution < 1.29 is 41.0 Å². The fourth-order valence-electron chi connectivity index (χ4n) is 3.38. The van der Waals surface area contributed by atoms with Crippen LogP contribution >= 0.6 is 0 Å². The lowest BCUT2D eigenvalue weighted by Crippen LogP contribution is -2.38. The zero-order valence-corrected chi connectivity index (χ0v) is 21.9. The van der Waals surface area contributed by atoms with E-state index in [1.807, 2.05) is 0 Å². The molecule has 2 rings (SSSR count). The summed E-state index contributed by atoms with van der Waals surface area (Å²) in [5.74, 6) is -1.27. The van der Waals surface area contributed by atoms with E-state index in [2.05, 4.69) is 17.2 Å². The Balaban J connectivity index is 2.02. The normalized spacial score (nSPS) is 13.3. The predicted molar refractivity (Wildman–Crippen MR) is 137 cm³/mol. The van der Waals surface area contributed by atoms with Crippen molar-refractivity contribution in [2.45, 2.75) is 31.2 Å². The highest BCUT2D eigenvalue weighted by molar-refractivity contribution is 7.92. The van der Waals surface area contributed by atoms with Crippen molar-refractivity contribution in [1.82, 2.24) is 5.32 Å². The Kier molecular flexibility index (Phi) is 10.5. The molecule has 38 heavy (non-hydrogen) atoms. The molecule has 0 aliphatic carbocycles. The number of sulfonamides is 1. The molecule has 2 atom stereocenters. The largest absolute Gasteiger partial charge is 0.416 e. The zero-order valence-electron chi connectivity index (χ0n) is 21.1. The molecular formula is C25H30F3N3O6S. The molecule has 9 nitrogen and oxygen atoms in total. The van der Waals surface area contributed by atoms with E-state index in [9.17, 15) is 36.3 Å². The molecule has 3 N–H and O–H groups in total. The summed E-state index contributed by atoms with van der Waals surface area (Å²) in [4.78, 5) is 25.2. The number of aliphatic hydroxyl groups is 1. The standard InChI is InChI=1S/C25H30F3N3O6S/c1-5-6-16-11-17(13-20(12-16)31(2)38(4,35)36)23(33)29-15-21(32)14-22(37-3)24(34)30-19-9-7-18(8-10-19)25(26,27)28/h5,7-13,21-22,32H,1,6,14-15H2,2-4H3,(H,29,33)(H,30,34)/t21?,22-/m1/s1. The van der Waals surface area contributed by atoms with Crippen molar-refractivity contribution in [3.63, 3.8) is 0 Å². The molecule has 0 aliphatic rings. The van der Waals surface area contributed by atoms with E-state index in [1.54, 1.807) is 18.2 Å². The summed E-state index contributed by atoms with van der Waals surface area (Å²) in [6, 6.07) is 8.42. The highest BCUT2D eigenvalue weighted by Gasteiger charge is 2.30. The van der Waals surface area contributed by atoms with Crippen LogP contribution in [-0.2, 0) is 32.2 Å². The summed E-state index contributed by atoms with van der Waals surface area (Å²) in [5.41, 5.74) is 0.331. The number of anilines is 2. The number of carbonyl (C=O) groups excluding carboxylic acids is 2. The van der Waals surface area contributed by atoms with Crippen LogP contribution in [0, 0.1) is 0 Å². The molecule has 1 unspecified atom stereocenters. The number of carbonyl (C=O) groups is 2. The summed E-state index contributed by atoms with van der Waals surface area (Å²) in [7, 11) is -0.993. The SMILES string of the molecule is C=CCc1cc(C(=O)NCC(O)C[C@@H](OC)C(=O)Nc2ccc(C(F)(F)F)cc2)cc(N(C)S(C)(=O)=O)c1. The lowest BCUT2D eigenvalue weighted by atomic mass is 10.1. The number of nitrogens with zero attached hydrogens (tertiary/aromatic N) is 1. The molecule has 2 amide bonds. The molecule has 2 aromatic rings. The van der Waals surface area contributed by atoms with Gasteiger partial charge in [-0.2, -0.15) is 13.2 Å². The maximum atomic E-state index is 12.8. The molecule has 208 valence electrons. The second-order valence-corrected chi connectivity index (χ2v) is 10.5. The number of aliphatic hydroxyl groups excluding tert-OH is 1. The number of alkyl halides is 3. The Bertz CT molecular complexity index is 1250. The monoisotopic (exact) mass is 557 g/mol. The maximum Gasteiger partial charge on any atom is 0.416 e. The van der Waals surface area contributed by atoms with Crippen LogP contribution in [0.1, 0.15) is 27.9 Å². The molecule has 0 saturated heterocycles. The van der Waals surface area contributed by atoms with Crippen LogP contribution in [0.5, 0.6) is 0 Å². The van der Waals surface area contributed by atoms with Crippen LogP contribution in [0.2, 0.25) is 0 Å². The molecule has 2 aromatic carbocycles. The van der Waals surface area contributed by atoms with Crippen molar-refractivity contribution in [2.24, 2.45) is 0 Å². The first-order chi connectivity index (χ1) is 17.6. The minimum absolute atomic E-state index is 0.113. The van der Waals surface area contributed by atoms with Crippen molar-refractivity contribution in [1.29, 1.82) is 0 Å². The molecule has 0 aromatic heterocycles. The van der Waals surface area contributed by atoms with Gasteiger partial charge >= 0.3 is 6.18 Å². The zero-order chi connectivity index (χ0) is 28.7. The Labute approximate surface area is 219 Å². The topological polar surface area (TPSA) is 125 Å². The average molecular weight is 558 g/mol. The van der Waals surface area contributed by atoms with E-state index in [-0.39, 0.29) is 29.9 Å². The highest BCUT2D eigenvalue weighted by Crippen LogP contribution is 2.30. The molecule has 0 saturated carbocycles. The predicted octanol–water partition coefficient (Wildman–Crippen LogP) is 2.96. The first-order valence-electron chi connectivity index (χ1n) is 11.3. The molecule has 0 bridgehead atoms. The van der Waals surface area contributed by atoms with E-state index in [0.29, 0.717) is 12.0 Å². The smallest absolute Gasteiger partial charge is 0.391 e. The minimum Gasteiger partial charge on any atom is -0.391 e.